The molecule has 3 nitrogen and oxygen atoms in total. The van der Waals surface area contributed by atoms with Crippen molar-refractivity contribution in [3.05, 3.63) is 0 Å². The Kier molecular flexibility index (Phi) is 3.75. The van der Waals surface area contributed by atoms with E-state index in [0.29, 0.717) is 12.0 Å². The summed E-state index contributed by atoms with van der Waals surface area (Å²) in [6, 6.07) is 3.09. The molecular weight excluding hydrogens is 210 g/mol. The molecule has 3 heteroatoms. The Morgan fingerprint density at radius 3 is 2.35 bits per heavy atom. The summed E-state index contributed by atoms with van der Waals surface area (Å²) in [7, 11) is 1.94. The van der Waals surface area contributed by atoms with E-state index < -0.39 is 0 Å². The third-order valence-corrected chi connectivity index (χ3v) is 4.29. The van der Waals surface area contributed by atoms with Gasteiger partial charge in [-0.2, -0.15) is 5.26 Å². The van der Waals surface area contributed by atoms with E-state index in [9.17, 15) is 5.26 Å². The second-order valence-corrected chi connectivity index (χ2v) is 6.07. The van der Waals surface area contributed by atoms with Crippen LogP contribution in [0.15, 0.2) is 0 Å². The quantitative estimate of drug-likeness (QED) is 0.733. The number of likely N-dealkylation sites (N-methyl/N-ethyl adjacent to an activating group) is 1. The summed E-state index contributed by atoms with van der Waals surface area (Å²) in [6.45, 7) is 6.55. The van der Waals surface area contributed by atoms with Crippen LogP contribution in [-0.2, 0) is 0 Å². The summed E-state index contributed by atoms with van der Waals surface area (Å²) >= 11 is 0. The summed E-state index contributed by atoms with van der Waals surface area (Å²) in [4.78, 5) is 2.50. The highest BCUT2D eigenvalue weighted by Gasteiger charge is 2.46. The highest BCUT2D eigenvalue weighted by atomic mass is 15.2. The molecule has 2 saturated carbocycles. The van der Waals surface area contributed by atoms with Crippen LogP contribution in [0, 0.1) is 23.2 Å². The van der Waals surface area contributed by atoms with E-state index in [0.717, 1.165) is 12.5 Å². The maximum Gasteiger partial charge on any atom is 0.122 e. The molecule has 0 radical (unpaired) electrons. The fourth-order valence-corrected chi connectivity index (χ4v) is 2.58. The Bertz CT molecular complexity index is 299. The normalized spacial score (nSPS) is 23.8. The van der Waals surface area contributed by atoms with Gasteiger partial charge in [-0.1, -0.05) is 0 Å². The molecule has 0 aromatic carbocycles. The van der Waals surface area contributed by atoms with Gasteiger partial charge in [-0.05, 0) is 58.4 Å². The molecule has 2 fully saturated rings. The summed E-state index contributed by atoms with van der Waals surface area (Å²) in [6.07, 6.45) is 5.19. The third-order valence-electron chi connectivity index (χ3n) is 4.29. The first-order chi connectivity index (χ1) is 8.11. The van der Waals surface area contributed by atoms with Crippen LogP contribution in [0.4, 0.5) is 0 Å². The van der Waals surface area contributed by atoms with Gasteiger partial charge in [-0.3, -0.25) is 4.90 Å². The number of hydrogen-bond acceptors (Lipinski definition) is 3. The number of rotatable bonds is 7. The maximum absolute atomic E-state index is 9.53. The van der Waals surface area contributed by atoms with Gasteiger partial charge in [0, 0.05) is 19.1 Å². The lowest BCUT2D eigenvalue weighted by Crippen LogP contribution is -2.54. The van der Waals surface area contributed by atoms with Gasteiger partial charge in [0.25, 0.3) is 0 Å². The molecule has 0 saturated heterocycles. The number of nitrogens with one attached hydrogen (secondary N) is 1. The Morgan fingerprint density at radius 1 is 1.35 bits per heavy atom. The van der Waals surface area contributed by atoms with Gasteiger partial charge >= 0.3 is 0 Å². The highest BCUT2D eigenvalue weighted by Crippen LogP contribution is 2.40. The van der Waals surface area contributed by atoms with Crippen LogP contribution in [0.1, 0.15) is 39.5 Å². The predicted octanol–water partition coefficient (Wildman–Crippen LogP) is 2.00. The topological polar surface area (TPSA) is 39.1 Å². The molecule has 1 N–H and O–H groups in total. The van der Waals surface area contributed by atoms with Crippen LogP contribution in [-0.4, -0.2) is 36.6 Å². The zero-order valence-corrected chi connectivity index (χ0v) is 11.4. The lowest BCUT2D eigenvalue weighted by atomic mass is 9.93. The van der Waals surface area contributed by atoms with Crippen molar-refractivity contribution in [2.24, 2.45) is 11.8 Å². The van der Waals surface area contributed by atoms with E-state index in [1.54, 1.807) is 0 Å². The standard InChI is InChI=1S/C14H25N3/c1-11(2)17(8-12-4-5-12)10-14(9-15,16-3)13-6-7-13/h11-13,16H,4-8,10H2,1-3H3. The summed E-state index contributed by atoms with van der Waals surface area (Å²) in [5.41, 5.74) is -0.306. The van der Waals surface area contributed by atoms with Gasteiger partial charge in [0.1, 0.15) is 5.54 Å². The van der Waals surface area contributed by atoms with E-state index in [4.69, 9.17) is 0 Å². The molecule has 0 aliphatic heterocycles. The van der Waals surface area contributed by atoms with Crippen LogP contribution in [0.3, 0.4) is 0 Å². The molecule has 1 atom stereocenters. The summed E-state index contributed by atoms with van der Waals surface area (Å²) in [5, 5.41) is 12.8. The Morgan fingerprint density at radius 2 is 2.00 bits per heavy atom. The molecule has 2 rings (SSSR count). The van der Waals surface area contributed by atoms with Crippen molar-refractivity contribution in [1.82, 2.24) is 10.2 Å². The molecule has 2 aliphatic rings. The van der Waals surface area contributed by atoms with Crippen LogP contribution in [0.25, 0.3) is 0 Å². The van der Waals surface area contributed by atoms with Crippen molar-refractivity contribution in [3.63, 3.8) is 0 Å². The lowest BCUT2D eigenvalue weighted by Gasteiger charge is -2.35. The predicted molar refractivity (Wildman–Crippen MR) is 69.6 cm³/mol. The van der Waals surface area contributed by atoms with Crippen molar-refractivity contribution in [2.45, 2.75) is 51.1 Å². The first kappa shape index (κ1) is 12.9. The molecule has 0 aromatic rings. The van der Waals surface area contributed by atoms with Crippen LogP contribution >= 0.6 is 0 Å². The number of nitrogens with zero attached hydrogens (tertiary/aromatic N) is 2. The zero-order valence-electron chi connectivity index (χ0n) is 11.4. The van der Waals surface area contributed by atoms with Crippen molar-refractivity contribution >= 4 is 0 Å². The average molecular weight is 235 g/mol. The molecule has 0 bridgehead atoms. The van der Waals surface area contributed by atoms with Gasteiger partial charge in [0.2, 0.25) is 0 Å². The van der Waals surface area contributed by atoms with Crippen molar-refractivity contribution < 1.29 is 0 Å². The molecular formula is C14H25N3. The van der Waals surface area contributed by atoms with Crippen molar-refractivity contribution in [1.29, 1.82) is 5.26 Å². The van der Waals surface area contributed by atoms with Crippen LogP contribution < -0.4 is 5.32 Å². The minimum atomic E-state index is -0.306. The van der Waals surface area contributed by atoms with Gasteiger partial charge in [-0.15, -0.1) is 0 Å². The minimum Gasteiger partial charge on any atom is -0.301 e. The van der Waals surface area contributed by atoms with Gasteiger partial charge in [-0.25, -0.2) is 0 Å². The van der Waals surface area contributed by atoms with Gasteiger partial charge < -0.3 is 5.32 Å². The van der Waals surface area contributed by atoms with E-state index in [1.165, 1.54) is 32.2 Å². The van der Waals surface area contributed by atoms with E-state index in [-0.39, 0.29) is 5.54 Å². The van der Waals surface area contributed by atoms with Gasteiger partial charge in [0.05, 0.1) is 6.07 Å². The van der Waals surface area contributed by atoms with E-state index in [2.05, 4.69) is 30.1 Å². The Hall–Kier alpha value is -0.590. The smallest absolute Gasteiger partial charge is 0.122 e. The second kappa shape index (κ2) is 4.96. The Labute approximate surface area is 105 Å². The van der Waals surface area contributed by atoms with Crippen molar-refractivity contribution in [2.75, 3.05) is 20.1 Å². The van der Waals surface area contributed by atoms with Crippen LogP contribution in [0.2, 0.25) is 0 Å². The molecule has 0 aromatic heterocycles. The Balaban J connectivity index is 2.00. The summed E-state index contributed by atoms with van der Waals surface area (Å²) < 4.78 is 0. The molecule has 96 valence electrons. The first-order valence-electron chi connectivity index (χ1n) is 6.95. The average Bonchev–Trinajstić information content (AvgIpc) is 3.16. The number of nitriles is 1. The molecule has 2 aliphatic carbocycles. The third kappa shape index (κ3) is 3.00. The van der Waals surface area contributed by atoms with E-state index in [1.807, 2.05) is 7.05 Å². The fourth-order valence-electron chi connectivity index (χ4n) is 2.58. The van der Waals surface area contributed by atoms with Crippen LogP contribution in [0.5, 0.6) is 0 Å². The SMILES string of the molecule is CNC(C#N)(CN(CC1CC1)C(C)C)C1CC1. The highest BCUT2D eigenvalue weighted by molar-refractivity contribution is 5.16. The first-order valence-corrected chi connectivity index (χ1v) is 6.95. The largest absolute Gasteiger partial charge is 0.301 e. The zero-order chi connectivity index (χ0) is 12.5. The molecule has 17 heavy (non-hydrogen) atoms. The van der Waals surface area contributed by atoms with E-state index >= 15 is 0 Å². The molecule has 0 heterocycles. The molecule has 0 amide bonds. The molecule has 1 unspecified atom stereocenters. The monoisotopic (exact) mass is 235 g/mol. The maximum atomic E-state index is 9.53. The lowest BCUT2D eigenvalue weighted by molar-refractivity contribution is 0.159. The number of hydrogen-bond donors (Lipinski definition) is 1. The summed E-state index contributed by atoms with van der Waals surface area (Å²) in [5.74, 6) is 1.46. The minimum absolute atomic E-state index is 0.306. The fraction of sp³-hybridized carbons (Fsp3) is 0.929. The van der Waals surface area contributed by atoms with Crippen molar-refractivity contribution in [3.8, 4) is 6.07 Å². The second-order valence-electron chi connectivity index (χ2n) is 6.07. The molecule has 0 spiro atoms. The van der Waals surface area contributed by atoms with Gasteiger partial charge in [0.15, 0.2) is 0 Å².